The highest BCUT2D eigenvalue weighted by atomic mass is 127. The Bertz CT molecular complexity index is 523. The summed E-state index contributed by atoms with van der Waals surface area (Å²) in [6.07, 6.45) is 2.55. The fourth-order valence-electron chi connectivity index (χ4n) is 3.21. The maximum Gasteiger partial charge on any atom is 0.193 e. The Kier molecular flexibility index (Phi) is 9.58. The fraction of sp³-hybridized carbons (Fsp3) is 0.611. The molecule has 24 heavy (non-hydrogen) atoms. The fourth-order valence-corrected chi connectivity index (χ4v) is 3.21. The van der Waals surface area contributed by atoms with E-state index in [2.05, 4.69) is 22.1 Å². The van der Waals surface area contributed by atoms with E-state index in [0.29, 0.717) is 12.5 Å². The highest BCUT2D eigenvalue weighted by molar-refractivity contribution is 14.0. The van der Waals surface area contributed by atoms with Gasteiger partial charge in [-0.15, -0.1) is 24.0 Å². The van der Waals surface area contributed by atoms with E-state index in [1.165, 1.54) is 25.5 Å². The van der Waals surface area contributed by atoms with Crippen LogP contribution >= 0.6 is 24.0 Å². The number of rotatable bonds is 5. The number of hydrogen-bond acceptors (Lipinski definition) is 2. The molecule has 2 rings (SSSR count). The van der Waals surface area contributed by atoms with Gasteiger partial charge in [0.25, 0.3) is 0 Å². The molecule has 1 aliphatic rings. The standard InChI is InChI=1S/C18H29FN4.HI/c1-4-23-10-6-8-16(14-23)12-21-18(20-2)22(3)13-15-7-5-9-17(19)11-15;/h5,7,9,11,16H,4,6,8,10,12-14H2,1-3H3,(H,20,21);1H. The number of benzene rings is 1. The quantitative estimate of drug-likeness (QED) is 0.427. The second-order valence-electron chi connectivity index (χ2n) is 6.32. The topological polar surface area (TPSA) is 30.9 Å². The molecule has 4 nitrogen and oxygen atoms in total. The van der Waals surface area contributed by atoms with Crippen molar-refractivity contribution >= 4 is 29.9 Å². The lowest BCUT2D eigenvalue weighted by Gasteiger charge is -2.33. The second-order valence-corrected chi connectivity index (χ2v) is 6.32. The lowest BCUT2D eigenvalue weighted by atomic mass is 9.98. The van der Waals surface area contributed by atoms with Crippen LogP contribution in [0.3, 0.4) is 0 Å². The first kappa shape index (κ1) is 21.2. The summed E-state index contributed by atoms with van der Waals surface area (Å²) in [7, 11) is 3.78. The minimum atomic E-state index is -0.194. The first-order valence-electron chi connectivity index (χ1n) is 8.51. The van der Waals surface area contributed by atoms with Gasteiger partial charge in [-0.3, -0.25) is 4.99 Å². The minimum absolute atomic E-state index is 0. The van der Waals surface area contributed by atoms with Crippen molar-refractivity contribution in [3.63, 3.8) is 0 Å². The lowest BCUT2D eigenvalue weighted by Crippen LogP contribution is -2.44. The monoisotopic (exact) mass is 448 g/mol. The van der Waals surface area contributed by atoms with Gasteiger partial charge in [-0.05, 0) is 49.5 Å². The van der Waals surface area contributed by atoms with Crippen molar-refractivity contribution in [1.29, 1.82) is 0 Å². The Labute approximate surface area is 162 Å². The molecule has 1 atom stereocenters. The molecule has 1 aromatic rings. The lowest BCUT2D eigenvalue weighted by molar-refractivity contribution is 0.183. The summed E-state index contributed by atoms with van der Waals surface area (Å²) in [5.41, 5.74) is 0.949. The van der Waals surface area contributed by atoms with E-state index in [-0.39, 0.29) is 29.8 Å². The third kappa shape index (κ3) is 6.55. The van der Waals surface area contributed by atoms with Crippen LogP contribution in [0.1, 0.15) is 25.3 Å². The predicted octanol–water partition coefficient (Wildman–Crippen LogP) is 3.18. The van der Waals surface area contributed by atoms with Crippen LogP contribution in [-0.2, 0) is 6.54 Å². The van der Waals surface area contributed by atoms with Gasteiger partial charge in [0.1, 0.15) is 5.82 Å². The van der Waals surface area contributed by atoms with Crippen LogP contribution in [0.5, 0.6) is 0 Å². The van der Waals surface area contributed by atoms with Crippen LogP contribution in [0.4, 0.5) is 4.39 Å². The normalized spacial score (nSPS) is 18.8. The molecule has 136 valence electrons. The number of aliphatic imine (C=N–C) groups is 1. The molecule has 1 heterocycles. The minimum Gasteiger partial charge on any atom is -0.356 e. The first-order valence-corrected chi connectivity index (χ1v) is 8.51. The zero-order valence-corrected chi connectivity index (χ0v) is 17.3. The van der Waals surface area contributed by atoms with Crippen molar-refractivity contribution in [2.75, 3.05) is 40.3 Å². The molecule has 0 amide bonds. The Morgan fingerprint density at radius 3 is 2.92 bits per heavy atom. The molecule has 1 unspecified atom stereocenters. The van der Waals surface area contributed by atoms with Gasteiger partial charge in [-0.1, -0.05) is 19.1 Å². The Morgan fingerprint density at radius 1 is 1.46 bits per heavy atom. The Morgan fingerprint density at radius 2 is 2.25 bits per heavy atom. The SMILES string of the molecule is CCN1CCCC(CNC(=NC)N(C)Cc2cccc(F)c2)C1.I. The highest BCUT2D eigenvalue weighted by Gasteiger charge is 2.19. The maximum absolute atomic E-state index is 13.3. The molecular weight excluding hydrogens is 418 g/mol. The molecule has 1 fully saturated rings. The third-order valence-corrected chi connectivity index (χ3v) is 4.48. The van der Waals surface area contributed by atoms with Crippen LogP contribution in [-0.4, -0.2) is 56.0 Å². The second kappa shape index (κ2) is 10.9. The molecule has 1 N–H and O–H groups in total. The van der Waals surface area contributed by atoms with Crippen molar-refractivity contribution in [2.24, 2.45) is 10.9 Å². The molecule has 0 spiro atoms. The molecule has 6 heteroatoms. The molecule has 1 aliphatic heterocycles. The van der Waals surface area contributed by atoms with Gasteiger partial charge in [-0.2, -0.15) is 0 Å². The number of hydrogen-bond donors (Lipinski definition) is 1. The van der Waals surface area contributed by atoms with E-state index in [4.69, 9.17) is 0 Å². The van der Waals surface area contributed by atoms with Crippen LogP contribution < -0.4 is 5.32 Å². The van der Waals surface area contributed by atoms with E-state index in [9.17, 15) is 4.39 Å². The average Bonchev–Trinajstić information content (AvgIpc) is 2.55. The van der Waals surface area contributed by atoms with Gasteiger partial charge >= 0.3 is 0 Å². The van der Waals surface area contributed by atoms with Crippen molar-refractivity contribution < 1.29 is 4.39 Å². The number of guanidine groups is 1. The Balaban J connectivity index is 0.00000288. The first-order chi connectivity index (χ1) is 11.1. The molecule has 0 saturated carbocycles. The van der Waals surface area contributed by atoms with Crippen LogP contribution in [0.2, 0.25) is 0 Å². The van der Waals surface area contributed by atoms with Gasteiger partial charge in [0.05, 0.1) is 0 Å². The zero-order chi connectivity index (χ0) is 16.7. The molecule has 0 aliphatic carbocycles. The number of nitrogens with zero attached hydrogens (tertiary/aromatic N) is 3. The van der Waals surface area contributed by atoms with Crippen molar-refractivity contribution in [3.8, 4) is 0 Å². The molecular formula is C18H30FIN4. The summed E-state index contributed by atoms with van der Waals surface area (Å²) in [6, 6.07) is 6.73. The number of nitrogens with one attached hydrogen (secondary N) is 1. The van der Waals surface area contributed by atoms with Gasteiger partial charge in [-0.25, -0.2) is 4.39 Å². The summed E-state index contributed by atoms with van der Waals surface area (Å²) >= 11 is 0. The Hall–Kier alpha value is -0.890. The molecule has 1 aromatic carbocycles. The highest BCUT2D eigenvalue weighted by Crippen LogP contribution is 2.15. The van der Waals surface area contributed by atoms with Crippen LogP contribution in [0.25, 0.3) is 0 Å². The van der Waals surface area contributed by atoms with Crippen LogP contribution in [0.15, 0.2) is 29.3 Å². The third-order valence-electron chi connectivity index (χ3n) is 4.48. The van der Waals surface area contributed by atoms with Crippen molar-refractivity contribution in [2.45, 2.75) is 26.3 Å². The van der Waals surface area contributed by atoms with Crippen molar-refractivity contribution in [1.82, 2.24) is 15.1 Å². The summed E-state index contributed by atoms with van der Waals surface area (Å²) in [5, 5.41) is 3.47. The molecule has 0 bridgehead atoms. The van der Waals surface area contributed by atoms with E-state index >= 15 is 0 Å². The largest absolute Gasteiger partial charge is 0.356 e. The summed E-state index contributed by atoms with van der Waals surface area (Å²) < 4.78 is 13.3. The number of likely N-dealkylation sites (tertiary alicyclic amines) is 1. The molecule has 0 aromatic heterocycles. The van der Waals surface area contributed by atoms with Gasteiger partial charge in [0.2, 0.25) is 0 Å². The van der Waals surface area contributed by atoms with E-state index in [1.54, 1.807) is 19.2 Å². The van der Waals surface area contributed by atoms with E-state index < -0.39 is 0 Å². The predicted molar refractivity (Wildman–Crippen MR) is 109 cm³/mol. The summed E-state index contributed by atoms with van der Waals surface area (Å²) in [5.74, 6) is 1.34. The number of piperidine rings is 1. The van der Waals surface area contributed by atoms with Gasteiger partial charge in [0.15, 0.2) is 5.96 Å². The van der Waals surface area contributed by atoms with Gasteiger partial charge in [0, 0.05) is 33.7 Å². The smallest absolute Gasteiger partial charge is 0.193 e. The summed E-state index contributed by atoms with van der Waals surface area (Å²) in [6.45, 7) is 7.32. The number of halogens is 2. The average molecular weight is 448 g/mol. The van der Waals surface area contributed by atoms with E-state index in [1.807, 2.05) is 18.0 Å². The zero-order valence-electron chi connectivity index (χ0n) is 15.0. The summed E-state index contributed by atoms with van der Waals surface area (Å²) in [4.78, 5) is 8.90. The van der Waals surface area contributed by atoms with Crippen LogP contribution in [0, 0.1) is 11.7 Å². The van der Waals surface area contributed by atoms with Gasteiger partial charge < -0.3 is 15.1 Å². The van der Waals surface area contributed by atoms with Crippen molar-refractivity contribution in [3.05, 3.63) is 35.6 Å². The molecule has 0 radical (unpaired) electrons. The molecule has 1 saturated heterocycles. The van der Waals surface area contributed by atoms with E-state index in [0.717, 1.165) is 31.2 Å². The maximum atomic E-state index is 13.3.